The van der Waals surface area contributed by atoms with Gasteiger partial charge in [0, 0.05) is 25.2 Å². The molecule has 0 radical (unpaired) electrons. The third kappa shape index (κ3) is 3.89. The summed E-state index contributed by atoms with van der Waals surface area (Å²) in [5.41, 5.74) is 1.11. The van der Waals surface area contributed by atoms with Crippen LogP contribution < -0.4 is 4.90 Å². The minimum atomic E-state index is -0.369. The first-order valence-electron chi connectivity index (χ1n) is 8.26. The zero-order valence-corrected chi connectivity index (χ0v) is 16.8. The Hall–Kier alpha value is -1.57. The van der Waals surface area contributed by atoms with Crippen LogP contribution >= 0.6 is 34.5 Å². The average Bonchev–Trinajstić information content (AvgIpc) is 3.23. The van der Waals surface area contributed by atoms with Crippen LogP contribution in [0.15, 0.2) is 6.20 Å². The molecule has 140 valence electrons. The van der Waals surface area contributed by atoms with Crippen LogP contribution in [0.3, 0.4) is 0 Å². The third-order valence-corrected chi connectivity index (χ3v) is 6.56. The Morgan fingerprint density at radius 2 is 2.04 bits per heavy atom. The number of esters is 1. The van der Waals surface area contributed by atoms with Gasteiger partial charge >= 0.3 is 5.97 Å². The van der Waals surface area contributed by atoms with Gasteiger partial charge in [0.1, 0.15) is 10.6 Å². The second-order valence-corrected chi connectivity index (χ2v) is 8.07. The number of Topliss-reactive ketones (excluding diaryl/α,β-unsaturated/α-hetero) is 1. The molecule has 1 fully saturated rings. The topological polar surface area (TPSA) is 75.3 Å². The van der Waals surface area contributed by atoms with Crippen molar-refractivity contribution in [2.75, 3.05) is 25.1 Å². The molecule has 3 rings (SSSR count). The van der Waals surface area contributed by atoms with Crippen LogP contribution in [0.1, 0.15) is 45.1 Å². The van der Waals surface area contributed by atoms with Crippen LogP contribution in [0.4, 0.5) is 5.13 Å². The van der Waals surface area contributed by atoms with Crippen LogP contribution in [-0.4, -0.2) is 41.9 Å². The van der Waals surface area contributed by atoms with E-state index in [1.165, 1.54) is 18.4 Å². The molecule has 0 aromatic carbocycles. The molecule has 9 heteroatoms. The minimum Gasteiger partial charge on any atom is -0.465 e. The van der Waals surface area contributed by atoms with E-state index in [0.717, 1.165) is 31.1 Å². The van der Waals surface area contributed by atoms with E-state index in [4.69, 9.17) is 27.9 Å². The Kier molecular flexibility index (Phi) is 5.89. The molecule has 3 heterocycles. The molecule has 0 atom stereocenters. The molecule has 6 nitrogen and oxygen atoms in total. The number of piperidine rings is 1. The van der Waals surface area contributed by atoms with Gasteiger partial charge in [-0.05, 0) is 25.7 Å². The fourth-order valence-electron chi connectivity index (χ4n) is 3.06. The van der Waals surface area contributed by atoms with Crippen LogP contribution in [0.2, 0.25) is 10.0 Å². The lowest BCUT2D eigenvalue weighted by atomic mass is 9.91. The predicted molar refractivity (Wildman–Crippen MR) is 103 cm³/mol. The molecule has 1 N–H and O–H groups in total. The lowest BCUT2D eigenvalue weighted by molar-refractivity contribution is 0.0606. The van der Waals surface area contributed by atoms with E-state index in [1.54, 1.807) is 13.1 Å². The van der Waals surface area contributed by atoms with Crippen molar-refractivity contribution in [1.82, 2.24) is 9.97 Å². The normalized spacial score (nSPS) is 15.3. The molecule has 1 aliphatic heterocycles. The van der Waals surface area contributed by atoms with Crippen molar-refractivity contribution in [3.63, 3.8) is 0 Å². The second-order valence-electron chi connectivity index (χ2n) is 6.31. The highest BCUT2D eigenvalue weighted by molar-refractivity contribution is 7.17. The van der Waals surface area contributed by atoms with E-state index in [1.807, 2.05) is 0 Å². The number of methoxy groups -OCH3 is 1. The number of H-pyrrole nitrogens is 1. The fourth-order valence-corrected chi connectivity index (χ4v) is 4.38. The van der Waals surface area contributed by atoms with Gasteiger partial charge in [0.15, 0.2) is 10.9 Å². The number of ketones is 1. The molecule has 2 aromatic rings. The molecule has 2 aromatic heterocycles. The number of carbonyl (C=O) groups excluding carboxylic acids is 2. The van der Waals surface area contributed by atoms with E-state index < -0.39 is 0 Å². The summed E-state index contributed by atoms with van der Waals surface area (Å²) in [6.07, 6.45) is 3.74. The number of halogens is 2. The maximum absolute atomic E-state index is 12.5. The van der Waals surface area contributed by atoms with Gasteiger partial charge in [-0.2, -0.15) is 0 Å². The van der Waals surface area contributed by atoms with Gasteiger partial charge in [0.05, 0.1) is 23.4 Å². The summed E-state index contributed by atoms with van der Waals surface area (Å²) in [4.78, 5) is 34.0. The van der Waals surface area contributed by atoms with Gasteiger partial charge in [-0.15, -0.1) is 0 Å². The maximum Gasteiger partial charge on any atom is 0.349 e. The van der Waals surface area contributed by atoms with Gasteiger partial charge in [0.25, 0.3) is 0 Å². The van der Waals surface area contributed by atoms with Crippen molar-refractivity contribution < 1.29 is 14.3 Å². The summed E-state index contributed by atoms with van der Waals surface area (Å²) in [5.74, 6) is -0.0890. The maximum atomic E-state index is 12.5. The van der Waals surface area contributed by atoms with Crippen LogP contribution in [-0.2, 0) is 4.74 Å². The molecule has 0 aliphatic carbocycles. The Balaban J connectivity index is 1.57. The van der Waals surface area contributed by atoms with Crippen molar-refractivity contribution in [2.24, 2.45) is 5.92 Å². The van der Waals surface area contributed by atoms with Gasteiger partial charge in [0.2, 0.25) is 0 Å². The van der Waals surface area contributed by atoms with Gasteiger partial charge in [-0.25, -0.2) is 9.78 Å². The van der Waals surface area contributed by atoms with E-state index >= 15 is 0 Å². The number of nitrogens with one attached hydrogen (secondary N) is 1. The molecular formula is C17H19Cl2N3O3S. The monoisotopic (exact) mass is 415 g/mol. The number of hydrogen-bond acceptors (Lipinski definition) is 6. The first kappa shape index (κ1) is 19.2. The van der Waals surface area contributed by atoms with E-state index in [0.29, 0.717) is 32.7 Å². The SMILES string of the molecule is COC(=O)c1cnc(N2CCC(CC(=O)c3[nH]c(C)c(Cl)c3Cl)CC2)s1. The third-order valence-electron chi connectivity index (χ3n) is 4.57. The molecule has 0 unspecified atom stereocenters. The van der Waals surface area contributed by atoms with Gasteiger partial charge in [-0.1, -0.05) is 34.5 Å². The molecular weight excluding hydrogens is 397 g/mol. The average molecular weight is 416 g/mol. The molecule has 0 saturated carbocycles. The number of anilines is 1. The van der Waals surface area contributed by atoms with Crippen LogP contribution in [0.5, 0.6) is 0 Å². The number of hydrogen-bond donors (Lipinski definition) is 1. The largest absolute Gasteiger partial charge is 0.465 e. The first-order chi connectivity index (χ1) is 12.4. The van der Waals surface area contributed by atoms with Gasteiger partial charge < -0.3 is 14.6 Å². The van der Waals surface area contributed by atoms with Crippen LogP contribution in [0.25, 0.3) is 0 Å². The summed E-state index contributed by atoms with van der Waals surface area (Å²) in [6.45, 7) is 3.38. The number of thiazole rings is 1. The summed E-state index contributed by atoms with van der Waals surface area (Å²) < 4.78 is 4.71. The van der Waals surface area contributed by atoms with Crippen molar-refractivity contribution in [2.45, 2.75) is 26.2 Å². The van der Waals surface area contributed by atoms with Crippen LogP contribution in [0, 0.1) is 12.8 Å². The highest BCUT2D eigenvalue weighted by atomic mass is 35.5. The van der Waals surface area contributed by atoms with Crippen molar-refractivity contribution in [3.8, 4) is 0 Å². The second kappa shape index (κ2) is 7.98. The zero-order chi connectivity index (χ0) is 18.8. The van der Waals surface area contributed by atoms with Gasteiger partial charge in [-0.3, -0.25) is 4.79 Å². The zero-order valence-electron chi connectivity index (χ0n) is 14.5. The molecule has 26 heavy (non-hydrogen) atoms. The lowest BCUT2D eigenvalue weighted by Crippen LogP contribution is -2.34. The molecule has 1 aliphatic rings. The molecule has 0 amide bonds. The number of rotatable bonds is 5. The van der Waals surface area contributed by atoms with E-state index in [9.17, 15) is 9.59 Å². The smallest absolute Gasteiger partial charge is 0.349 e. The number of aryl methyl sites for hydroxylation is 1. The molecule has 0 spiro atoms. The summed E-state index contributed by atoms with van der Waals surface area (Å²) in [7, 11) is 1.36. The standard InChI is InChI=1S/C17H19Cl2N3O3S/c1-9-13(18)14(19)15(21-9)11(23)7-10-3-5-22(6-4-10)17-20-8-12(26-17)16(24)25-2/h8,10,21H,3-7H2,1-2H3. The van der Waals surface area contributed by atoms with E-state index in [2.05, 4.69) is 14.9 Å². The Bertz CT molecular complexity index is 825. The highest BCUT2D eigenvalue weighted by Crippen LogP contribution is 2.33. The Morgan fingerprint density at radius 1 is 1.35 bits per heavy atom. The minimum absolute atomic E-state index is 0.00863. The summed E-state index contributed by atoms with van der Waals surface area (Å²) in [5, 5.41) is 1.53. The number of nitrogens with zero attached hydrogens (tertiary/aromatic N) is 2. The van der Waals surface area contributed by atoms with Crippen molar-refractivity contribution >= 4 is 51.4 Å². The predicted octanol–water partition coefficient (Wildman–Crippen LogP) is 4.36. The molecule has 1 saturated heterocycles. The number of carbonyl (C=O) groups is 2. The fraction of sp³-hybridized carbons (Fsp3) is 0.471. The quantitative estimate of drug-likeness (QED) is 0.579. The highest BCUT2D eigenvalue weighted by Gasteiger charge is 2.26. The Labute approximate surface area is 165 Å². The number of ether oxygens (including phenoxy) is 1. The number of aromatic amines is 1. The Morgan fingerprint density at radius 3 is 2.62 bits per heavy atom. The van der Waals surface area contributed by atoms with Crippen molar-refractivity contribution in [3.05, 3.63) is 32.5 Å². The molecule has 0 bridgehead atoms. The summed E-state index contributed by atoms with van der Waals surface area (Å²) in [6, 6.07) is 0. The number of aromatic nitrogens is 2. The first-order valence-corrected chi connectivity index (χ1v) is 9.83. The lowest BCUT2D eigenvalue weighted by Gasteiger charge is -2.31. The van der Waals surface area contributed by atoms with E-state index in [-0.39, 0.29) is 17.7 Å². The van der Waals surface area contributed by atoms with Crippen molar-refractivity contribution in [1.29, 1.82) is 0 Å². The summed E-state index contributed by atoms with van der Waals surface area (Å²) >= 11 is 13.5.